The first-order valence-corrected chi connectivity index (χ1v) is 7.69. The van der Waals surface area contributed by atoms with E-state index in [4.69, 9.17) is 0 Å². The van der Waals surface area contributed by atoms with Crippen molar-refractivity contribution in [2.75, 3.05) is 0 Å². The highest BCUT2D eigenvalue weighted by molar-refractivity contribution is 5.87. The van der Waals surface area contributed by atoms with E-state index in [9.17, 15) is 83.8 Å². The summed E-state index contributed by atoms with van der Waals surface area (Å²) in [6.07, 6.45) is -15.5. The van der Waals surface area contributed by atoms with Crippen LogP contribution in [-0.2, 0) is 9.53 Å². The van der Waals surface area contributed by atoms with E-state index < -0.39 is 72.0 Å². The van der Waals surface area contributed by atoms with E-state index in [1.807, 2.05) is 0 Å². The highest BCUT2D eigenvalue weighted by Crippen LogP contribution is 2.64. The molecular formula is C14H8F18O2. The number of esters is 1. The molecule has 0 bridgehead atoms. The Bertz CT molecular complexity index is 780. The SMILES string of the molecule is C=C(C)C(=O)OC(F)CC(F)(F)C(F)(F)C(F)(F)C(F)(F)C(F)(F)C(F)(F)C(F)(F)C(F)(F)F. The van der Waals surface area contributed by atoms with Crippen LogP contribution in [0.1, 0.15) is 13.3 Å². The van der Waals surface area contributed by atoms with Crippen molar-refractivity contribution >= 4 is 5.97 Å². The number of rotatable bonds is 10. The summed E-state index contributed by atoms with van der Waals surface area (Å²) in [4.78, 5) is 10.9. The molecule has 0 amide bonds. The predicted molar refractivity (Wildman–Crippen MR) is 71.1 cm³/mol. The molecule has 0 rings (SSSR count). The number of carbonyl (C=O) groups excluding carboxylic acids is 1. The van der Waals surface area contributed by atoms with Gasteiger partial charge in [0.05, 0.1) is 6.42 Å². The molecule has 34 heavy (non-hydrogen) atoms. The standard InChI is InChI=1S/C14H8F18O2/c1-4(2)6(33)34-5(15)3-7(16,17)8(18,19)9(20,21)10(22,23)11(24,25)12(26,27)13(28,29)14(30,31)32/h5H,1,3H2,2H3. The smallest absolute Gasteiger partial charge is 0.428 e. The summed E-state index contributed by atoms with van der Waals surface area (Å²) in [6, 6.07) is 0. The first-order valence-electron chi connectivity index (χ1n) is 7.69. The van der Waals surface area contributed by atoms with Crippen LogP contribution in [-0.4, -0.2) is 60.0 Å². The Labute approximate surface area is 175 Å². The van der Waals surface area contributed by atoms with Crippen molar-refractivity contribution in [2.45, 2.75) is 67.3 Å². The lowest BCUT2D eigenvalue weighted by Crippen LogP contribution is -2.74. The molecule has 0 saturated heterocycles. The minimum Gasteiger partial charge on any atom is -0.428 e. The highest BCUT2D eigenvalue weighted by Gasteiger charge is 2.95. The van der Waals surface area contributed by atoms with E-state index in [1.165, 1.54) is 0 Å². The van der Waals surface area contributed by atoms with E-state index in [-0.39, 0.29) is 0 Å². The molecule has 20 heteroatoms. The van der Waals surface area contributed by atoms with Crippen LogP contribution in [0.5, 0.6) is 0 Å². The maximum absolute atomic E-state index is 13.5. The molecule has 0 aliphatic carbocycles. The summed E-state index contributed by atoms with van der Waals surface area (Å²) < 4.78 is 238. The van der Waals surface area contributed by atoms with Crippen LogP contribution in [0.25, 0.3) is 0 Å². The third-order valence-corrected chi connectivity index (χ3v) is 3.79. The molecule has 0 spiro atoms. The highest BCUT2D eigenvalue weighted by atomic mass is 19.4. The molecule has 0 fully saturated rings. The van der Waals surface area contributed by atoms with Gasteiger partial charge in [0.2, 0.25) is 6.36 Å². The molecule has 0 radical (unpaired) electrons. The number of alkyl halides is 18. The quantitative estimate of drug-likeness (QED) is 0.170. The molecule has 0 aliphatic rings. The molecule has 0 saturated carbocycles. The monoisotopic (exact) mass is 550 g/mol. The Morgan fingerprint density at radius 1 is 0.647 bits per heavy atom. The van der Waals surface area contributed by atoms with Gasteiger partial charge in [-0.05, 0) is 6.92 Å². The van der Waals surface area contributed by atoms with Crippen LogP contribution in [0.15, 0.2) is 12.2 Å². The third kappa shape index (κ3) is 4.59. The maximum atomic E-state index is 13.5. The van der Waals surface area contributed by atoms with Crippen molar-refractivity contribution in [1.29, 1.82) is 0 Å². The van der Waals surface area contributed by atoms with Gasteiger partial charge in [0.15, 0.2) is 0 Å². The molecule has 0 N–H and O–H groups in total. The molecule has 0 aromatic heterocycles. The van der Waals surface area contributed by atoms with E-state index in [0.717, 1.165) is 0 Å². The molecular weight excluding hydrogens is 542 g/mol. The van der Waals surface area contributed by atoms with Crippen LogP contribution in [0.3, 0.4) is 0 Å². The van der Waals surface area contributed by atoms with Crippen LogP contribution in [0.4, 0.5) is 79.0 Å². The zero-order chi connectivity index (χ0) is 28.1. The summed E-state index contributed by atoms with van der Waals surface area (Å²) in [6.45, 7) is 3.41. The fourth-order valence-electron chi connectivity index (χ4n) is 1.78. The van der Waals surface area contributed by atoms with E-state index in [2.05, 4.69) is 11.3 Å². The number of ether oxygens (including phenoxy) is 1. The second kappa shape index (κ2) is 8.56. The van der Waals surface area contributed by atoms with Crippen LogP contribution in [0.2, 0.25) is 0 Å². The van der Waals surface area contributed by atoms with Gasteiger partial charge in [-0.3, -0.25) is 0 Å². The largest absolute Gasteiger partial charge is 0.460 e. The fourth-order valence-corrected chi connectivity index (χ4v) is 1.78. The van der Waals surface area contributed by atoms with Gasteiger partial charge in [-0.15, -0.1) is 0 Å². The first kappa shape index (κ1) is 31.9. The van der Waals surface area contributed by atoms with Gasteiger partial charge in [0.25, 0.3) is 0 Å². The van der Waals surface area contributed by atoms with Gasteiger partial charge < -0.3 is 4.74 Å². The van der Waals surface area contributed by atoms with E-state index in [0.29, 0.717) is 6.92 Å². The Morgan fingerprint density at radius 2 is 0.941 bits per heavy atom. The van der Waals surface area contributed by atoms with Gasteiger partial charge in [-0.2, -0.15) is 74.6 Å². The molecule has 1 unspecified atom stereocenters. The maximum Gasteiger partial charge on any atom is 0.460 e. The first-order chi connectivity index (χ1) is 14.5. The van der Waals surface area contributed by atoms with Crippen LogP contribution in [0, 0.1) is 0 Å². The predicted octanol–water partition coefficient (Wildman–Crippen LogP) is 6.80. The minimum atomic E-state index is -8.77. The number of halogens is 18. The normalized spacial score (nSPS) is 16.3. The molecule has 2 nitrogen and oxygen atoms in total. The molecule has 0 aromatic carbocycles. The second-order valence-corrected chi connectivity index (χ2v) is 6.45. The van der Waals surface area contributed by atoms with Crippen molar-refractivity contribution in [3.05, 3.63) is 12.2 Å². The van der Waals surface area contributed by atoms with Crippen molar-refractivity contribution < 1.29 is 88.6 Å². The van der Waals surface area contributed by atoms with Crippen molar-refractivity contribution in [1.82, 2.24) is 0 Å². The minimum absolute atomic E-state index is 0.690. The third-order valence-electron chi connectivity index (χ3n) is 3.79. The molecule has 0 heterocycles. The van der Waals surface area contributed by atoms with Gasteiger partial charge >= 0.3 is 53.6 Å². The van der Waals surface area contributed by atoms with Gasteiger partial charge in [-0.25, -0.2) is 9.18 Å². The lowest BCUT2D eigenvalue weighted by atomic mass is 9.88. The van der Waals surface area contributed by atoms with Crippen molar-refractivity contribution in [2.24, 2.45) is 0 Å². The lowest BCUT2D eigenvalue weighted by molar-refractivity contribution is -0.462. The summed E-state index contributed by atoms with van der Waals surface area (Å²) in [5, 5.41) is 0. The summed E-state index contributed by atoms with van der Waals surface area (Å²) >= 11 is 0. The Morgan fingerprint density at radius 3 is 1.24 bits per heavy atom. The van der Waals surface area contributed by atoms with E-state index >= 15 is 0 Å². The number of hydrogen-bond donors (Lipinski definition) is 0. The molecule has 1 atom stereocenters. The number of hydrogen-bond acceptors (Lipinski definition) is 2. The zero-order valence-electron chi connectivity index (χ0n) is 15.6. The Kier molecular flexibility index (Phi) is 8.04. The average Bonchev–Trinajstić information content (AvgIpc) is 2.58. The van der Waals surface area contributed by atoms with Crippen LogP contribution < -0.4 is 0 Å². The van der Waals surface area contributed by atoms with E-state index in [1.54, 1.807) is 0 Å². The number of carbonyl (C=O) groups is 1. The summed E-state index contributed by atoms with van der Waals surface area (Å²) in [5.41, 5.74) is -0.831. The summed E-state index contributed by atoms with van der Waals surface area (Å²) in [7, 11) is 0. The fraction of sp³-hybridized carbons (Fsp3) is 0.786. The van der Waals surface area contributed by atoms with Crippen LogP contribution >= 0.6 is 0 Å². The molecule has 0 aliphatic heterocycles. The zero-order valence-corrected chi connectivity index (χ0v) is 15.6. The van der Waals surface area contributed by atoms with Gasteiger partial charge in [0.1, 0.15) is 0 Å². The van der Waals surface area contributed by atoms with Gasteiger partial charge in [0, 0.05) is 5.57 Å². The van der Waals surface area contributed by atoms with Crippen molar-refractivity contribution in [3.63, 3.8) is 0 Å². The lowest BCUT2D eigenvalue weighted by Gasteiger charge is -2.42. The second-order valence-electron chi connectivity index (χ2n) is 6.45. The molecule has 202 valence electrons. The topological polar surface area (TPSA) is 26.3 Å². The van der Waals surface area contributed by atoms with Gasteiger partial charge in [-0.1, -0.05) is 6.58 Å². The Hall–Kier alpha value is -2.05. The summed E-state index contributed by atoms with van der Waals surface area (Å²) in [5.74, 6) is -60.0. The Balaban J connectivity index is 6.49. The molecule has 0 aromatic rings. The average molecular weight is 550 g/mol. The van der Waals surface area contributed by atoms with Crippen molar-refractivity contribution in [3.8, 4) is 0 Å².